The van der Waals surface area contributed by atoms with Crippen molar-refractivity contribution < 1.29 is 0 Å². The van der Waals surface area contributed by atoms with Crippen LogP contribution in [0, 0.1) is 13.8 Å². The molecule has 0 radical (unpaired) electrons. The molecule has 0 unspecified atom stereocenters. The van der Waals surface area contributed by atoms with Gasteiger partial charge < -0.3 is 14.8 Å². The minimum Gasteiger partial charge on any atom is -0.353 e. The molecule has 10 nitrogen and oxygen atoms in total. The lowest BCUT2D eigenvalue weighted by atomic mass is 10.3. The van der Waals surface area contributed by atoms with Crippen LogP contribution in [-0.2, 0) is 0 Å². The van der Waals surface area contributed by atoms with E-state index in [1.807, 2.05) is 30.7 Å². The van der Waals surface area contributed by atoms with Gasteiger partial charge in [-0.25, -0.2) is 29.6 Å². The van der Waals surface area contributed by atoms with Gasteiger partial charge >= 0.3 is 0 Å². The molecule has 0 aliphatic carbocycles. The fourth-order valence-electron chi connectivity index (χ4n) is 3.63. The van der Waals surface area contributed by atoms with Crippen LogP contribution in [0.25, 0.3) is 17.0 Å². The highest BCUT2D eigenvalue weighted by atomic mass is 15.3. The average molecular weight is 376 g/mol. The SMILES string of the molecule is Cc1cc(C)n(-c2cc(N3CCN(c4ncnc5nc[nH]c45)CC3)ncn2)n1. The highest BCUT2D eigenvalue weighted by molar-refractivity contribution is 5.82. The second-order valence-electron chi connectivity index (χ2n) is 6.85. The van der Waals surface area contributed by atoms with Crippen LogP contribution in [0.2, 0.25) is 0 Å². The Morgan fingerprint density at radius 2 is 1.57 bits per heavy atom. The summed E-state index contributed by atoms with van der Waals surface area (Å²) < 4.78 is 1.85. The number of H-pyrrole nitrogens is 1. The minimum atomic E-state index is 0.692. The first-order valence-corrected chi connectivity index (χ1v) is 9.19. The summed E-state index contributed by atoms with van der Waals surface area (Å²) in [6, 6.07) is 4.03. The summed E-state index contributed by atoms with van der Waals surface area (Å²) >= 11 is 0. The van der Waals surface area contributed by atoms with Crippen molar-refractivity contribution >= 4 is 22.8 Å². The number of rotatable bonds is 3. The second kappa shape index (κ2) is 6.55. The van der Waals surface area contributed by atoms with Crippen molar-refractivity contribution in [2.24, 2.45) is 0 Å². The predicted molar refractivity (Wildman–Crippen MR) is 105 cm³/mol. The molecule has 5 rings (SSSR count). The van der Waals surface area contributed by atoms with E-state index in [9.17, 15) is 0 Å². The van der Waals surface area contributed by atoms with Crippen molar-refractivity contribution in [1.29, 1.82) is 0 Å². The molecule has 1 aliphatic rings. The zero-order valence-corrected chi connectivity index (χ0v) is 15.7. The molecule has 1 N–H and O–H groups in total. The van der Waals surface area contributed by atoms with E-state index in [1.165, 1.54) is 0 Å². The topological polar surface area (TPSA) is 105 Å². The zero-order chi connectivity index (χ0) is 19.1. The molecule has 4 aromatic heterocycles. The third-order valence-corrected chi connectivity index (χ3v) is 4.97. The summed E-state index contributed by atoms with van der Waals surface area (Å²) in [5.41, 5.74) is 3.60. The minimum absolute atomic E-state index is 0.692. The molecule has 5 heterocycles. The van der Waals surface area contributed by atoms with Gasteiger partial charge in [0, 0.05) is 37.9 Å². The van der Waals surface area contributed by atoms with E-state index in [2.05, 4.69) is 44.8 Å². The van der Waals surface area contributed by atoms with Crippen LogP contribution in [0.4, 0.5) is 11.6 Å². The lowest BCUT2D eigenvalue weighted by Crippen LogP contribution is -2.47. The number of hydrogen-bond acceptors (Lipinski definition) is 8. The first-order chi connectivity index (χ1) is 13.7. The number of aryl methyl sites for hydroxylation is 2. The molecular formula is C18H20N10. The van der Waals surface area contributed by atoms with Crippen molar-refractivity contribution in [2.75, 3.05) is 36.0 Å². The number of imidazole rings is 1. The van der Waals surface area contributed by atoms with Crippen LogP contribution in [-0.4, -0.2) is 65.9 Å². The van der Waals surface area contributed by atoms with E-state index in [0.717, 1.165) is 60.5 Å². The van der Waals surface area contributed by atoms with E-state index in [4.69, 9.17) is 0 Å². The quantitative estimate of drug-likeness (QED) is 0.570. The molecule has 0 aromatic carbocycles. The van der Waals surface area contributed by atoms with Crippen LogP contribution in [0.5, 0.6) is 0 Å². The fourth-order valence-corrected chi connectivity index (χ4v) is 3.63. The van der Waals surface area contributed by atoms with Gasteiger partial charge in [-0.3, -0.25) is 0 Å². The normalized spacial score (nSPS) is 14.8. The van der Waals surface area contributed by atoms with Crippen molar-refractivity contribution in [3.05, 3.63) is 42.5 Å². The average Bonchev–Trinajstić information content (AvgIpc) is 3.34. The Labute approximate surface area is 161 Å². The first-order valence-electron chi connectivity index (χ1n) is 9.19. The molecular weight excluding hydrogens is 356 g/mol. The number of aromatic nitrogens is 8. The van der Waals surface area contributed by atoms with E-state index < -0.39 is 0 Å². The van der Waals surface area contributed by atoms with Crippen LogP contribution in [0.15, 0.2) is 31.1 Å². The third-order valence-electron chi connectivity index (χ3n) is 4.97. The highest BCUT2D eigenvalue weighted by Crippen LogP contribution is 2.23. The molecule has 4 aromatic rings. The Bertz CT molecular complexity index is 1120. The van der Waals surface area contributed by atoms with E-state index >= 15 is 0 Å². The molecule has 0 bridgehead atoms. The fraction of sp³-hybridized carbons (Fsp3) is 0.333. The number of anilines is 2. The van der Waals surface area contributed by atoms with E-state index in [1.54, 1.807) is 19.0 Å². The molecule has 0 saturated carbocycles. The number of hydrogen-bond donors (Lipinski definition) is 1. The van der Waals surface area contributed by atoms with Crippen LogP contribution in [0.3, 0.4) is 0 Å². The first kappa shape index (κ1) is 16.6. The smallest absolute Gasteiger partial charge is 0.182 e. The maximum atomic E-state index is 4.52. The summed E-state index contributed by atoms with van der Waals surface area (Å²) in [7, 11) is 0. The summed E-state index contributed by atoms with van der Waals surface area (Å²) in [5.74, 6) is 2.59. The molecule has 0 amide bonds. The summed E-state index contributed by atoms with van der Waals surface area (Å²) in [6.07, 6.45) is 4.82. The molecule has 0 atom stereocenters. The third kappa shape index (κ3) is 2.82. The Morgan fingerprint density at radius 1 is 0.821 bits per heavy atom. The van der Waals surface area contributed by atoms with Crippen LogP contribution in [0.1, 0.15) is 11.4 Å². The van der Waals surface area contributed by atoms with Gasteiger partial charge in [0.2, 0.25) is 0 Å². The molecule has 28 heavy (non-hydrogen) atoms. The Morgan fingerprint density at radius 3 is 2.36 bits per heavy atom. The number of nitrogens with one attached hydrogen (secondary N) is 1. The largest absolute Gasteiger partial charge is 0.353 e. The Hall–Kier alpha value is -3.56. The van der Waals surface area contributed by atoms with Gasteiger partial charge in [0.25, 0.3) is 0 Å². The van der Waals surface area contributed by atoms with Crippen LogP contribution >= 0.6 is 0 Å². The van der Waals surface area contributed by atoms with Gasteiger partial charge in [-0.05, 0) is 19.9 Å². The van der Waals surface area contributed by atoms with Gasteiger partial charge in [0.05, 0.1) is 12.0 Å². The van der Waals surface area contributed by atoms with Gasteiger partial charge in [-0.2, -0.15) is 5.10 Å². The summed E-state index contributed by atoms with van der Waals surface area (Å²) in [5, 5.41) is 4.52. The number of fused-ring (bicyclic) bond motifs is 1. The van der Waals surface area contributed by atoms with Crippen molar-refractivity contribution in [3.8, 4) is 5.82 Å². The monoisotopic (exact) mass is 376 g/mol. The van der Waals surface area contributed by atoms with Gasteiger partial charge in [-0.1, -0.05) is 0 Å². The summed E-state index contributed by atoms with van der Waals surface area (Å²) in [6.45, 7) is 7.36. The highest BCUT2D eigenvalue weighted by Gasteiger charge is 2.22. The molecule has 0 spiro atoms. The molecule has 1 fully saturated rings. The second-order valence-corrected chi connectivity index (χ2v) is 6.85. The standard InChI is InChI=1S/C18H20N10/c1-12-7-13(2)28(25-12)15-8-14(19-9-20-15)26-3-5-27(6-4-26)18-16-17(22-10-21-16)23-11-24-18/h7-11H,3-6H2,1-2H3,(H,21,22,23,24). The van der Waals surface area contributed by atoms with Gasteiger partial charge in [0.1, 0.15) is 24.0 Å². The number of piperazine rings is 1. The van der Waals surface area contributed by atoms with E-state index in [0.29, 0.717) is 5.65 Å². The molecule has 10 heteroatoms. The lowest BCUT2D eigenvalue weighted by molar-refractivity contribution is 0.641. The molecule has 1 saturated heterocycles. The van der Waals surface area contributed by atoms with Gasteiger partial charge in [0.15, 0.2) is 17.3 Å². The maximum absolute atomic E-state index is 4.52. The maximum Gasteiger partial charge on any atom is 0.182 e. The Kier molecular flexibility index (Phi) is 3.89. The number of nitrogens with zero attached hydrogens (tertiary/aromatic N) is 9. The number of aromatic amines is 1. The molecule has 1 aliphatic heterocycles. The zero-order valence-electron chi connectivity index (χ0n) is 15.7. The van der Waals surface area contributed by atoms with E-state index in [-0.39, 0.29) is 0 Å². The lowest BCUT2D eigenvalue weighted by Gasteiger charge is -2.36. The van der Waals surface area contributed by atoms with Crippen molar-refractivity contribution in [1.82, 2.24) is 39.7 Å². The predicted octanol–water partition coefficient (Wildman–Crippen LogP) is 1.27. The van der Waals surface area contributed by atoms with Crippen LogP contribution < -0.4 is 9.80 Å². The molecule has 142 valence electrons. The summed E-state index contributed by atoms with van der Waals surface area (Å²) in [4.78, 5) is 29.4. The Balaban J connectivity index is 1.35. The van der Waals surface area contributed by atoms with Crippen molar-refractivity contribution in [2.45, 2.75) is 13.8 Å². The van der Waals surface area contributed by atoms with Gasteiger partial charge in [-0.15, -0.1) is 0 Å². The van der Waals surface area contributed by atoms with Crippen molar-refractivity contribution in [3.63, 3.8) is 0 Å².